The Morgan fingerprint density at radius 1 is 0.364 bits per heavy atom. The van der Waals surface area contributed by atoms with Gasteiger partial charge in [0.2, 0.25) is 0 Å². The molecule has 0 unspecified atom stereocenters. The van der Waals surface area contributed by atoms with Crippen molar-refractivity contribution in [1.29, 1.82) is 0 Å². The Kier molecular flexibility index (Phi) is 5.40. The second-order valence-electron chi connectivity index (χ2n) is 10.8. The topological polar surface area (TPSA) is 61.4 Å². The van der Waals surface area contributed by atoms with Gasteiger partial charge in [0.25, 0.3) is 0 Å². The van der Waals surface area contributed by atoms with Crippen LogP contribution in [0.3, 0.4) is 0 Å². The molecule has 0 atom stereocenters. The summed E-state index contributed by atoms with van der Waals surface area (Å²) in [7, 11) is 0. The van der Waals surface area contributed by atoms with Crippen molar-refractivity contribution in [3.05, 3.63) is 146 Å². The van der Waals surface area contributed by atoms with E-state index in [0.717, 1.165) is 77.8 Å². The number of aromatic nitrogens is 6. The fourth-order valence-electron chi connectivity index (χ4n) is 6.31. The summed E-state index contributed by atoms with van der Waals surface area (Å²) in [5, 5.41) is 2.16. The van der Waals surface area contributed by atoms with E-state index in [1.54, 1.807) is 0 Å². The second kappa shape index (κ2) is 9.71. The molecule has 0 fully saturated rings. The van der Waals surface area contributed by atoms with Crippen molar-refractivity contribution in [3.8, 4) is 33.9 Å². The van der Waals surface area contributed by atoms with Crippen molar-refractivity contribution in [2.75, 3.05) is 0 Å². The first-order chi connectivity index (χ1) is 21.8. The van der Waals surface area contributed by atoms with Crippen molar-refractivity contribution in [2.45, 2.75) is 0 Å². The summed E-state index contributed by atoms with van der Waals surface area (Å²) in [6.07, 6.45) is 7.68. The fraction of sp³-hybridized carbons (Fsp3) is 0. The molecule has 0 aliphatic rings. The summed E-state index contributed by atoms with van der Waals surface area (Å²) in [6.45, 7) is 0. The van der Waals surface area contributed by atoms with E-state index in [-0.39, 0.29) is 0 Å². The number of nitrogens with zero attached hydrogens (tertiary/aromatic N) is 6. The predicted molar refractivity (Wildman–Crippen MR) is 177 cm³/mol. The van der Waals surface area contributed by atoms with Gasteiger partial charge in [0.1, 0.15) is 28.2 Å². The van der Waals surface area contributed by atoms with E-state index in [4.69, 9.17) is 19.9 Å². The minimum atomic E-state index is 0.802. The van der Waals surface area contributed by atoms with Gasteiger partial charge in [0, 0.05) is 46.7 Å². The van der Waals surface area contributed by atoms with Crippen LogP contribution < -0.4 is 0 Å². The van der Waals surface area contributed by atoms with Crippen molar-refractivity contribution < 1.29 is 0 Å². The lowest BCUT2D eigenvalue weighted by Gasteiger charge is -2.12. The lowest BCUT2D eigenvalue weighted by molar-refractivity contribution is 1.06. The maximum atomic E-state index is 5.01. The monoisotopic (exact) mass is 564 g/mol. The summed E-state index contributed by atoms with van der Waals surface area (Å²) >= 11 is 0. The SMILES string of the molecule is c1ccc(-c2ccc(-n3c4ccccc4c4cnc5c6ncccc6n(-c6ccc(-c7ccccc7)cn6)c5c43)nc2)cc1. The predicted octanol–water partition coefficient (Wildman–Crippen LogP) is 8.79. The van der Waals surface area contributed by atoms with Gasteiger partial charge in [-0.05, 0) is 53.6 Å². The molecule has 0 spiro atoms. The number of pyridine rings is 4. The van der Waals surface area contributed by atoms with E-state index >= 15 is 0 Å². The molecule has 0 aliphatic carbocycles. The van der Waals surface area contributed by atoms with Crippen LogP contribution in [0.2, 0.25) is 0 Å². The molecule has 0 radical (unpaired) electrons. The highest BCUT2D eigenvalue weighted by atomic mass is 15.1. The molecule has 0 bridgehead atoms. The lowest BCUT2D eigenvalue weighted by Crippen LogP contribution is -2.02. The van der Waals surface area contributed by atoms with Gasteiger partial charge in [0.05, 0.1) is 16.6 Å². The van der Waals surface area contributed by atoms with E-state index < -0.39 is 0 Å². The number of benzene rings is 3. The minimum absolute atomic E-state index is 0.802. The molecule has 0 amide bonds. The van der Waals surface area contributed by atoms with Gasteiger partial charge in [-0.2, -0.15) is 0 Å². The van der Waals surface area contributed by atoms with Gasteiger partial charge in [-0.15, -0.1) is 0 Å². The largest absolute Gasteiger partial charge is 0.292 e. The van der Waals surface area contributed by atoms with Crippen LogP contribution in [0.15, 0.2) is 146 Å². The fourth-order valence-corrected chi connectivity index (χ4v) is 6.31. The first-order valence-corrected chi connectivity index (χ1v) is 14.6. The van der Waals surface area contributed by atoms with Gasteiger partial charge < -0.3 is 0 Å². The maximum Gasteiger partial charge on any atom is 0.137 e. The van der Waals surface area contributed by atoms with E-state index in [0.29, 0.717) is 0 Å². The van der Waals surface area contributed by atoms with Crippen molar-refractivity contribution in [1.82, 2.24) is 29.1 Å². The Hall–Kier alpha value is -6.14. The van der Waals surface area contributed by atoms with Crippen LogP contribution in [0.5, 0.6) is 0 Å². The van der Waals surface area contributed by atoms with Crippen LogP contribution in [0.1, 0.15) is 0 Å². The number of para-hydroxylation sites is 1. The molecule has 3 aromatic carbocycles. The van der Waals surface area contributed by atoms with Crippen molar-refractivity contribution in [2.24, 2.45) is 0 Å². The molecule has 0 N–H and O–H groups in total. The summed E-state index contributed by atoms with van der Waals surface area (Å²) < 4.78 is 4.44. The zero-order chi connectivity index (χ0) is 29.0. The third-order valence-corrected chi connectivity index (χ3v) is 8.33. The molecule has 0 saturated heterocycles. The van der Waals surface area contributed by atoms with E-state index in [1.807, 2.05) is 67.3 Å². The van der Waals surface area contributed by atoms with E-state index in [2.05, 4.69) is 88.0 Å². The molecular formula is C38H24N6. The van der Waals surface area contributed by atoms with E-state index in [1.165, 1.54) is 0 Å². The summed E-state index contributed by atoms with van der Waals surface area (Å²) in [6, 6.07) is 41.6. The third-order valence-electron chi connectivity index (χ3n) is 8.33. The average Bonchev–Trinajstić information content (AvgIpc) is 3.62. The first kappa shape index (κ1) is 24.5. The van der Waals surface area contributed by atoms with Crippen molar-refractivity contribution in [3.63, 3.8) is 0 Å². The Morgan fingerprint density at radius 2 is 0.955 bits per heavy atom. The average molecular weight is 565 g/mol. The lowest BCUT2D eigenvalue weighted by atomic mass is 10.1. The molecule has 9 aromatic rings. The Labute approximate surface area is 252 Å². The normalized spacial score (nSPS) is 11.6. The van der Waals surface area contributed by atoms with Crippen LogP contribution >= 0.6 is 0 Å². The van der Waals surface area contributed by atoms with Gasteiger partial charge in [0.15, 0.2) is 0 Å². The third kappa shape index (κ3) is 3.68. The molecule has 6 nitrogen and oxygen atoms in total. The van der Waals surface area contributed by atoms with Gasteiger partial charge in [-0.25, -0.2) is 9.97 Å². The van der Waals surface area contributed by atoms with Crippen LogP contribution in [0, 0.1) is 0 Å². The van der Waals surface area contributed by atoms with Crippen LogP contribution in [0.4, 0.5) is 0 Å². The van der Waals surface area contributed by atoms with Gasteiger partial charge in [-0.1, -0.05) is 78.9 Å². The molecule has 6 heteroatoms. The molecule has 9 rings (SSSR count). The van der Waals surface area contributed by atoms with Crippen molar-refractivity contribution >= 4 is 43.9 Å². The molecule has 6 aromatic heterocycles. The second-order valence-corrected chi connectivity index (χ2v) is 10.8. The van der Waals surface area contributed by atoms with Crippen LogP contribution in [-0.4, -0.2) is 29.1 Å². The first-order valence-electron chi connectivity index (χ1n) is 14.6. The number of hydrogen-bond donors (Lipinski definition) is 0. The zero-order valence-electron chi connectivity index (χ0n) is 23.5. The summed E-state index contributed by atoms with van der Waals surface area (Å²) in [5.74, 6) is 1.64. The Bertz CT molecular complexity index is 2280. The highest BCUT2D eigenvalue weighted by molar-refractivity contribution is 6.21. The van der Waals surface area contributed by atoms with Gasteiger partial charge in [-0.3, -0.25) is 19.1 Å². The van der Waals surface area contributed by atoms with E-state index in [9.17, 15) is 0 Å². The maximum absolute atomic E-state index is 5.01. The smallest absolute Gasteiger partial charge is 0.137 e. The Balaban J connectivity index is 1.35. The molecule has 0 aliphatic heterocycles. The van der Waals surface area contributed by atoms with Gasteiger partial charge >= 0.3 is 0 Å². The molecule has 206 valence electrons. The molecule has 0 saturated carbocycles. The molecule has 6 heterocycles. The van der Waals surface area contributed by atoms with Crippen LogP contribution in [-0.2, 0) is 0 Å². The standard InChI is InChI=1S/C38H24N6/c1-3-10-25(11-4-1)27-17-19-33(40-22-27)43-31-15-8-7-14-29(31)30-24-42-36-35-32(16-9-21-39-35)44(38(36)37(30)43)34-20-18-28(23-41-34)26-12-5-2-6-13-26/h1-24H. The minimum Gasteiger partial charge on any atom is -0.292 e. The zero-order valence-corrected chi connectivity index (χ0v) is 23.5. The summed E-state index contributed by atoms with van der Waals surface area (Å²) in [5.41, 5.74) is 10.0. The number of hydrogen-bond acceptors (Lipinski definition) is 4. The molecule has 44 heavy (non-hydrogen) atoms. The number of rotatable bonds is 4. The Morgan fingerprint density at radius 3 is 1.59 bits per heavy atom. The highest BCUT2D eigenvalue weighted by Gasteiger charge is 2.23. The number of fused-ring (bicyclic) bond motifs is 7. The highest BCUT2D eigenvalue weighted by Crippen LogP contribution is 2.39. The molecular weight excluding hydrogens is 540 g/mol. The van der Waals surface area contributed by atoms with Crippen LogP contribution in [0.25, 0.3) is 77.8 Å². The quantitative estimate of drug-likeness (QED) is 0.214. The summed E-state index contributed by atoms with van der Waals surface area (Å²) in [4.78, 5) is 19.8.